The molecule has 1 atom stereocenters. The Morgan fingerprint density at radius 3 is 2.74 bits per heavy atom. The van der Waals surface area contributed by atoms with Crippen molar-refractivity contribution in [3.63, 3.8) is 0 Å². The zero-order valence-corrected chi connectivity index (χ0v) is 15.6. The molecule has 2 aliphatic rings. The molecule has 2 aliphatic heterocycles. The van der Waals surface area contributed by atoms with Gasteiger partial charge >= 0.3 is 0 Å². The largest absolute Gasteiger partial charge is 0.368 e. The first-order chi connectivity index (χ1) is 13.1. The third-order valence-corrected chi connectivity index (χ3v) is 5.31. The molecule has 1 N–H and O–H groups in total. The first-order valence-electron chi connectivity index (χ1n) is 9.50. The van der Waals surface area contributed by atoms with Crippen LogP contribution in [-0.2, 0) is 16.6 Å². The summed E-state index contributed by atoms with van der Waals surface area (Å²) in [5.41, 5.74) is 2.18. The SMILES string of the molecule is Cn1cccc1-c1cc(C(=O)N2CCCN(C(=O)[C@@H]3CCCO3)CC2)[nH]n1. The minimum absolute atomic E-state index is 0.0642. The van der Waals surface area contributed by atoms with Crippen LogP contribution in [0.15, 0.2) is 24.4 Å². The van der Waals surface area contributed by atoms with E-state index in [1.165, 1.54) is 0 Å². The Morgan fingerprint density at radius 2 is 2.00 bits per heavy atom. The van der Waals surface area contributed by atoms with Crippen LogP contribution in [0.3, 0.4) is 0 Å². The summed E-state index contributed by atoms with van der Waals surface area (Å²) in [5.74, 6) is -0.0105. The van der Waals surface area contributed by atoms with Crippen LogP contribution in [0.25, 0.3) is 11.4 Å². The van der Waals surface area contributed by atoms with Gasteiger partial charge in [0.1, 0.15) is 17.5 Å². The normalized spacial score (nSPS) is 20.7. The zero-order valence-electron chi connectivity index (χ0n) is 15.6. The van der Waals surface area contributed by atoms with Crippen molar-refractivity contribution in [2.45, 2.75) is 25.4 Å². The monoisotopic (exact) mass is 371 g/mol. The van der Waals surface area contributed by atoms with E-state index < -0.39 is 0 Å². The van der Waals surface area contributed by atoms with E-state index in [-0.39, 0.29) is 17.9 Å². The summed E-state index contributed by atoms with van der Waals surface area (Å²) in [6, 6.07) is 5.70. The van der Waals surface area contributed by atoms with Crippen LogP contribution in [0.1, 0.15) is 29.8 Å². The number of nitrogens with zero attached hydrogens (tertiary/aromatic N) is 4. The molecule has 0 unspecified atom stereocenters. The molecule has 27 heavy (non-hydrogen) atoms. The van der Waals surface area contributed by atoms with Crippen LogP contribution in [0.5, 0.6) is 0 Å². The molecule has 4 rings (SSSR count). The Balaban J connectivity index is 1.40. The lowest BCUT2D eigenvalue weighted by molar-refractivity contribution is -0.140. The van der Waals surface area contributed by atoms with Crippen LogP contribution < -0.4 is 0 Å². The average molecular weight is 371 g/mol. The van der Waals surface area contributed by atoms with Crippen molar-refractivity contribution in [2.24, 2.45) is 7.05 Å². The molecule has 0 saturated carbocycles. The highest BCUT2D eigenvalue weighted by Gasteiger charge is 2.30. The number of hydrogen-bond acceptors (Lipinski definition) is 4. The van der Waals surface area contributed by atoms with E-state index in [0.717, 1.165) is 30.7 Å². The summed E-state index contributed by atoms with van der Waals surface area (Å²) in [6.45, 7) is 3.03. The number of amides is 2. The Morgan fingerprint density at radius 1 is 1.19 bits per heavy atom. The number of hydrogen-bond donors (Lipinski definition) is 1. The quantitative estimate of drug-likeness (QED) is 0.881. The predicted octanol–water partition coefficient (Wildman–Crippen LogP) is 1.27. The van der Waals surface area contributed by atoms with Gasteiger partial charge in [-0.05, 0) is 37.5 Å². The second-order valence-corrected chi connectivity index (χ2v) is 7.14. The molecule has 144 valence electrons. The van der Waals surface area contributed by atoms with Crippen molar-refractivity contribution in [1.29, 1.82) is 0 Å². The molecule has 0 radical (unpaired) electrons. The van der Waals surface area contributed by atoms with Crippen molar-refractivity contribution in [2.75, 3.05) is 32.8 Å². The number of aromatic nitrogens is 3. The van der Waals surface area contributed by atoms with Crippen LogP contribution in [-0.4, -0.2) is 75.3 Å². The molecule has 8 nitrogen and oxygen atoms in total. The fourth-order valence-corrected chi connectivity index (χ4v) is 3.78. The van der Waals surface area contributed by atoms with E-state index in [1.807, 2.05) is 34.8 Å². The fourth-order valence-electron chi connectivity index (χ4n) is 3.78. The van der Waals surface area contributed by atoms with Gasteiger partial charge in [-0.2, -0.15) is 5.10 Å². The topological polar surface area (TPSA) is 83.5 Å². The predicted molar refractivity (Wildman–Crippen MR) is 99.1 cm³/mol. The van der Waals surface area contributed by atoms with E-state index in [4.69, 9.17) is 4.74 Å². The summed E-state index contributed by atoms with van der Waals surface area (Å²) < 4.78 is 7.48. The summed E-state index contributed by atoms with van der Waals surface area (Å²) in [5, 5.41) is 7.14. The van der Waals surface area contributed by atoms with Gasteiger partial charge in [-0.3, -0.25) is 14.7 Å². The maximum Gasteiger partial charge on any atom is 0.271 e. The smallest absolute Gasteiger partial charge is 0.271 e. The second kappa shape index (κ2) is 7.56. The Kier molecular flexibility index (Phi) is 4.98. The molecule has 8 heteroatoms. The van der Waals surface area contributed by atoms with E-state index in [9.17, 15) is 9.59 Å². The van der Waals surface area contributed by atoms with Crippen molar-refractivity contribution < 1.29 is 14.3 Å². The number of carbonyl (C=O) groups is 2. The van der Waals surface area contributed by atoms with E-state index in [1.54, 1.807) is 11.0 Å². The molecule has 0 aromatic carbocycles. The van der Waals surface area contributed by atoms with Gasteiger partial charge in [0.25, 0.3) is 11.8 Å². The number of ether oxygens (including phenoxy) is 1. The summed E-state index contributed by atoms with van der Waals surface area (Å²) in [7, 11) is 1.94. The Hall–Kier alpha value is -2.61. The van der Waals surface area contributed by atoms with Crippen molar-refractivity contribution in [3.8, 4) is 11.4 Å². The van der Waals surface area contributed by atoms with Gasteiger partial charge in [0.2, 0.25) is 0 Å². The zero-order chi connectivity index (χ0) is 18.8. The number of nitrogens with one attached hydrogen (secondary N) is 1. The van der Waals surface area contributed by atoms with E-state index >= 15 is 0 Å². The minimum Gasteiger partial charge on any atom is -0.368 e. The number of carbonyl (C=O) groups excluding carboxylic acids is 2. The molecule has 2 amide bonds. The van der Waals surface area contributed by atoms with Gasteiger partial charge < -0.3 is 19.1 Å². The molecule has 2 saturated heterocycles. The second-order valence-electron chi connectivity index (χ2n) is 7.14. The molecule has 0 aliphatic carbocycles. The number of rotatable bonds is 3. The van der Waals surface area contributed by atoms with Gasteiger partial charge in [0, 0.05) is 46.0 Å². The Bertz CT molecular complexity index is 821. The first kappa shape index (κ1) is 17.8. The lowest BCUT2D eigenvalue weighted by Gasteiger charge is -2.24. The van der Waals surface area contributed by atoms with Crippen LogP contribution in [0.2, 0.25) is 0 Å². The highest BCUT2D eigenvalue weighted by Crippen LogP contribution is 2.19. The highest BCUT2D eigenvalue weighted by atomic mass is 16.5. The van der Waals surface area contributed by atoms with Crippen molar-refractivity contribution in [1.82, 2.24) is 24.6 Å². The molecule has 0 spiro atoms. The first-order valence-corrected chi connectivity index (χ1v) is 9.50. The summed E-state index contributed by atoms with van der Waals surface area (Å²) in [6.07, 6.45) is 4.16. The Labute approximate surface area is 158 Å². The van der Waals surface area contributed by atoms with E-state index in [2.05, 4.69) is 10.2 Å². The third kappa shape index (κ3) is 3.62. The molecule has 0 bridgehead atoms. The number of H-pyrrole nitrogens is 1. The summed E-state index contributed by atoms with van der Waals surface area (Å²) in [4.78, 5) is 29.1. The maximum absolute atomic E-state index is 12.9. The van der Waals surface area contributed by atoms with E-state index in [0.29, 0.717) is 38.5 Å². The minimum atomic E-state index is -0.298. The third-order valence-electron chi connectivity index (χ3n) is 5.31. The molecular formula is C19H25N5O3. The number of aromatic amines is 1. The molecule has 4 heterocycles. The van der Waals surface area contributed by atoms with Gasteiger partial charge in [0.05, 0.1) is 5.69 Å². The molecule has 2 aromatic heterocycles. The lowest BCUT2D eigenvalue weighted by Crippen LogP contribution is -2.41. The van der Waals surface area contributed by atoms with Gasteiger partial charge in [0.15, 0.2) is 0 Å². The maximum atomic E-state index is 12.9. The van der Waals surface area contributed by atoms with Crippen LogP contribution in [0.4, 0.5) is 0 Å². The van der Waals surface area contributed by atoms with Gasteiger partial charge in [-0.1, -0.05) is 0 Å². The highest BCUT2D eigenvalue weighted by molar-refractivity contribution is 5.93. The van der Waals surface area contributed by atoms with Gasteiger partial charge in [-0.25, -0.2) is 0 Å². The van der Waals surface area contributed by atoms with Crippen molar-refractivity contribution in [3.05, 3.63) is 30.1 Å². The number of aryl methyl sites for hydroxylation is 1. The lowest BCUT2D eigenvalue weighted by atomic mass is 10.2. The fraction of sp³-hybridized carbons (Fsp3) is 0.526. The standard InChI is InChI=1S/C19H25N5O3/c1-22-7-2-5-16(22)14-13-15(21-20-14)18(25)23-8-4-9-24(11-10-23)19(26)17-6-3-12-27-17/h2,5,7,13,17H,3-4,6,8-12H2,1H3,(H,20,21)/t17-/m0/s1. The molecule has 2 fully saturated rings. The summed E-state index contributed by atoms with van der Waals surface area (Å²) >= 11 is 0. The average Bonchev–Trinajstić information content (AvgIpc) is 3.40. The van der Waals surface area contributed by atoms with Crippen LogP contribution >= 0.6 is 0 Å². The van der Waals surface area contributed by atoms with Crippen molar-refractivity contribution >= 4 is 11.8 Å². The van der Waals surface area contributed by atoms with Gasteiger partial charge in [-0.15, -0.1) is 0 Å². The van der Waals surface area contributed by atoms with Crippen LogP contribution in [0, 0.1) is 0 Å². The molecule has 2 aromatic rings. The molecular weight excluding hydrogens is 346 g/mol.